The molecule has 25 heavy (non-hydrogen) atoms. The van der Waals surface area contributed by atoms with E-state index in [1.165, 1.54) is 6.21 Å². The van der Waals surface area contributed by atoms with E-state index in [9.17, 15) is 4.79 Å². The Labute approximate surface area is 160 Å². The summed E-state index contributed by atoms with van der Waals surface area (Å²) in [5.74, 6) is 0.640. The van der Waals surface area contributed by atoms with Crippen LogP contribution in [0, 0.1) is 0 Å². The van der Waals surface area contributed by atoms with Gasteiger partial charge in [0, 0.05) is 17.7 Å². The Balaban J connectivity index is 1.77. The van der Waals surface area contributed by atoms with Crippen LogP contribution in [-0.2, 0) is 10.3 Å². The second-order valence-corrected chi connectivity index (χ2v) is 8.17. The maximum absolute atomic E-state index is 12.5. The van der Waals surface area contributed by atoms with Gasteiger partial charge in [-0.25, -0.2) is 0 Å². The summed E-state index contributed by atoms with van der Waals surface area (Å²) in [6.45, 7) is 2.05. The zero-order chi connectivity index (χ0) is 18.0. The number of amidine groups is 1. The average Bonchev–Trinajstić information content (AvgIpc) is 2.54. The summed E-state index contributed by atoms with van der Waals surface area (Å²) in [7, 11) is 0. The molecular formula is C17H18Cl2N4OS. The number of benzene rings is 1. The molecule has 1 aromatic carbocycles. The van der Waals surface area contributed by atoms with Crippen LogP contribution in [0.5, 0.6) is 0 Å². The average molecular weight is 397 g/mol. The van der Waals surface area contributed by atoms with Crippen LogP contribution in [0.15, 0.2) is 45.4 Å². The van der Waals surface area contributed by atoms with Crippen molar-refractivity contribution in [3.05, 3.63) is 40.9 Å². The minimum Gasteiger partial charge on any atom is -0.379 e. The molecule has 0 saturated heterocycles. The highest BCUT2D eigenvalue weighted by atomic mass is 35.5. The van der Waals surface area contributed by atoms with Crippen LogP contribution in [-0.4, -0.2) is 34.5 Å². The van der Waals surface area contributed by atoms with Crippen LogP contribution in [0.25, 0.3) is 0 Å². The maximum Gasteiger partial charge on any atom is 0.251 e. The SMILES string of the molecule is C[C@@]1(c2cccc(NC(=O)C3N=CC(Cl)=CC3Cl)c2)CCSC(N)=N1. The van der Waals surface area contributed by atoms with Gasteiger partial charge in [0.1, 0.15) is 6.04 Å². The number of alkyl halides is 1. The number of thioether (sulfide) groups is 1. The van der Waals surface area contributed by atoms with Crippen LogP contribution in [0.1, 0.15) is 18.9 Å². The van der Waals surface area contributed by atoms with Crippen molar-refractivity contribution in [3.63, 3.8) is 0 Å². The van der Waals surface area contributed by atoms with Crippen LogP contribution in [0.4, 0.5) is 5.69 Å². The summed E-state index contributed by atoms with van der Waals surface area (Å²) in [5.41, 5.74) is 7.18. The van der Waals surface area contributed by atoms with E-state index in [0.717, 1.165) is 17.7 Å². The third-order valence-corrected chi connectivity index (χ3v) is 5.58. The molecule has 2 unspecified atom stereocenters. The number of halogens is 2. The Morgan fingerprint density at radius 1 is 1.48 bits per heavy atom. The van der Waals surface area contributed by atoms with Crippen molar-refractivity contribution >= 4 is 57.9 Å². The van der Waals surface area contributed by atoms with Crippen molar-refractivity contribution in [2.24, 2.45) is 15.7 Å². The van der Waals surface area contributed by atoms with Gasteiger partial charge in [-0.1, -0.05) is 35.5 Å². The molecule has 0 bridgehead atoms. The highest BCUT2D eigenvalue weighted by Crippen LogP contribution is 2.36. The first-order valence-electron chi connectivity index (χ1n) is 7.81. The quantitative estimate of drug-likeness (QED) is 0.767. The minimum absolute atomic E-state index is 0.277. The van der Waals surface area contributed by atoms with E-state index in [-0.39, 0.29) is 11.4 Å². The number of nitrogens with zero attached hydrogens (tertiary/aromatic N) is 2. The van der Waals surface area contributed by atoms with Crippen LogP contribution < -0.4 is 11.1 Å². The van der Waals surface area contributed by atoms with Gasteiger partial charge in [-0.3, -0.25) is 14.8 Å². The molecule has 0 aromatic heterocycles. The van der Waals surface area contributed by atoms with Gasteiger partial charge in [-0.2, -0.15) is 0 Å². The van der Waals surface area contributed by atoms with E-state index in [4.69, 9.17) is 28.9 Å². The number of aliphatic imine (C=N–C) groups is 2. The van der Waals surface area contributed by atoms with E-state index in [0.29, 0.717) is 15.9 Å². The third kappa shape index (κ3) is 4.19. The van der Waals surface area contributed by atoms with E-state index >= 15 is 0 Å². The van der Waals surface area contributed by atoms with Crippen LogP contribution >= 0.6 is 35.0 Å². The van der Waals surface area contributed by atoms with Crippen molar-refractivity contribution < 1.29 is 4.79 Å². The Hall–Kier alpha value is -1.50. The number of allylic oxidation sites excluding steroid dienone is 1. The standard InChI is InChI=1S/C17H18Cl2N4OS/c1-17(5-6-25-16(20)23-17)10-3-2-4-12(7-10)22-15(24)14-13(19)8-11(18)9-21-14/h2-4,7-9,13-14H,5-6H2,1H3,(H2,20,23)(H,22,24)/t13?,14?,17-/m0/s1. The molecule has 132 valence electrons. The predicted octanol–water partition coefficient (Wildman–Crippen LogP) is 3.48. The molecule has 3 atom stereocenters. The number of carbonyl (C=O) groups excluding carboxylic acids is 1. The molecule has 3 N–H and O–H groups in total. The molecular weight excluding hydrogens is 379 g/mol. The lowest BCUT2D eigenvalue weighted by atomic mass is 9.89. The molecule has 8 heteroatoms. The van der Waals surface area contributed by atoms with Crippen molar-refractivity contribution in [2.45, 2.75) is 30.3 Å². The molecule has 2 heterocycles. The van der Waals surface area contributed by atoms with Gasteiger partial charge in [-0.15, -0.1) is 11.6 Å². The maximum atomic E-state index is 12.5. The zero-order valence-electron chi connectivity index (χ0n) is 13.6. The van der Waals surface area contributed by atoms with E-state index in [1.807, 2.05) is 31.2 Å². The summed E-state index contributed by atoms with van der Waals surface area (Å²) in [5, 5.41) is 3.32. The van der Waals surface area contributed by atoms with Crippen molar-refractivity contribution in [1.82, 2.24) is 0 Å². The van der Waals surface area contributed by atoms with Crippen LogP contribution in [0.3, 0.4) is 0 Å². The summed E-state index contributed by atoms with van der Waals surface area (Å²) in [6, 6.07) is 6.93. The summed E-state index contributed by atoms with van der Waals surface area (Å²) in [6.07, 6.45) is 3.93. The predicted molar refractivity (Wildman–Crippen MR) is 107 cm³/mol. The van der Waals surface area contributed by atoms with Gasteiger partial charge in [-0.05, 0) is 37.1 Å². The summed E-state index contributed by atoms with van der Waals surface area (Å²) in [4.78, 5) is 21.2. The number of rotatable bonds is 3. The number of carbonyl (C=O) groups is 1. The van der Waals surface area contributed by atoms with E-state index < -0.39 is 11.4 Å². The van der Waals surface area contributed by atoms with Crippen molar-refractivity contribution in [3.8, 4) is 0 Å². The Kier molecular flexibility index (Phi) is 5.41. The second kappa shape index (κ2) is 7.40. The van der Waals surface area contributed by atoms with Gasteiger partial charge in [0.05, 0.1) is 15.9 Å². The number of nitrogens with one attached hydrogen (secondary N) is 1. The van der Waals surface area contributed by atoms with Gasteiger partial charge in [0.25, 0.3) is 5.91 Å². The molecule has 5 nitrogen and oxygen atoms in total. The van der Waals surface area contributed by atoms with Crippen LogP contribution in [0.2, 0.25) is 0 Å². The molecule has 0 saturated carbocycles. The zero-order valence-corrected chi connectivity index (χ0v) is 15.9. The Morgan fingerprint density at radius 2 is 2.28 bits per heavy atom. The molecule has 2 aliphatic rings. The first-order chi connectivity index (χ1) is 11.9. The fourth-order valence-corrected chi connectivity index (χ4v) is 4.32. The van der Waals surface area contributed by atoms with E-state index in [2.05, 4.69) is 15.3 Å². The lowest BCUT2D eigenvalue weighted by Gasteiger charge is -2.30. The highest BCUT2D eigenvalue weighted by molar-refractivity contribution is 8.13. The third-order valence-electron chi connectivity index (χ3n) is 4.19. The molecule has 2 aliphatic heterocycles. The molecule has 0 fully saturated rings. The number of nitrogens with two attached hydrogens (primary N) is 1. The summed E-state index contributed by atoms with van der Waals surface area (Å²) >= 11 is 13.6. The molecule has 0 radical (unpaired) electrons. The Morgan fingerprint density at radius 3 is 3.00 bits per heavy atom. The fraction of sp³-hybridized carbons (Fsp3) is 0.353. The molecule has 1 amide bonds. The molecule has 0 aliphatic carbocycles. The van der Waals surface area contributed by atoms with Gasteiger partial charge in [0.15, 0.2) is 5.17 Å². The molecule has 0 spiro atoms. The van der Waals surface area contributed by atoms with Crippen molar-refractivity contribution in [2.75, 3.05) is 11.1 Å². The summed E-state index contributed by atoms with van der Waals surface area (Å²) < 4.78 is 0. The smallest absolute Gasteiger partial charge is 0.251 e. The normalized spacial score (nSPS) is 28.9. The molecule has 1 aromatic rings. The second-order valence-electron chi connectivity index (χ2n) is 6.11. The number of dihydropyridines is 1. The Bertz CT molecular complexity index is 780. The first-order valence-corrected chi connectivity index (χ1v) is 9.61. The van der Waals surface area contributed by atoms with Gasteiger partial charge >= 0.3 is 0 Å². The highest BCUT2D eigenvalue weighted by Gasteiger charge is 2.30. The molecule has 3 rings (SSSR count). The fourth-order valence-electron chi connectivity index (χ4n) is 2.78. The lowest BCUT2D eigenvalue weighted by Crippen LogP contribution is -2.35. The monoisotopic (exact) mass is 396 g/mol. The number of amides is 1. The minimum atomic E-state index is -0.705. The number of anilines is 1. The van der Waals surface area contributed by atoms with E-state index in [1.54, 1.807) is 17.8 Å². The largest absolute Gasteiger partial charge is 0.379 e. The number of hydrogen-bond donors (Lipinski definition) is 2. The van der Waals surface area contributed by atoms with Crippen molar-refractivity contribution in [1.29, 1.82) is 0 Å². The van der Waals surface area contributed by atoms with Gasteiger partial charge in [0.2, 0.25) is 0 Å². The number of hydrogen-bond acceptors (Lipinski definition) is 5. The topological polar surface area (TPSA) is 79.8 Å². The van der Waals surface area contributed by atoms with Gasteiger partial charge < -0.3 is 11.1 Å². The lowest BCUT2D eigenvalue weighted by molar-refractivity contribution is -0.117. The first kappa shape index (κ1) is 18.3.